The summed E-state index contributed by atoms with van der Waals surface area (Å²) in [5, 5.41) is 0. The summed E-state index contributed by atoms with van der Waals surface area (Å²) < 4.78 is 11.4. The van der Waals surface area contributed by atoms with Crippen LogP contribution in [0.4, 0.5) is 0 Å². The van der Waals surface area contributed by atoms with E-state index in [1.165, 1.54) is 18.9 Å². The zero-order valence-corrected chi connectivity index (χ0v) is 9.27. The van der Waals surface area contributed by atoms with E-state index in [0.29, 0.717) is 0 Å². The van der Waals surface area contributed by atoms with Crippen LogP contribution in [0.2, 0.25) is 19.1 Å². The molecule has 0 radical (unpaired) electrons. The molecule has 1 unspecified atom stereocenters. The average molecular weight is 176 g/mol. The van der Waals surface area contributed by atoms with Crippen LogP contribution in [0.3, 0.4) is 0 Å². The predicted molar refractivity (Wildman–Crippen MR) is 47.1 cm³/mol. The van der Waals surface area contributed by atoms with Crippen LogP contribution in [0.1, 0.15) is 12.8 Å². The standard InChI is InChI=1S/C6H16O2Si2/c1-9-8-10(2)6-4-3-5-7-10/h3-6,9H2,1-2H3. The van der Waals surface area contributed by atoms with E-state index >= 15 is 0 Å². The summed E-state index contributed by atoms with van der Waals surface area (Å²) in [6.45, 7) is 5.32. The lowest BCUT2D eigenvalue weighted by atomic mass is 10.4. The lowest BCUT2D eigenvalue weighted by molar-refractivity contribution is 0.217. The van der Waals surface area contributed by atoms with Gasteiger partial charge in [0.05, 0.1) is 0 Å². The second-order valence-corrected chi connectivity index (χ2v) is 7.66. The molecule has 1 aliphatic heterocycles. The Kier molecular flexibility index (Phi) is 3.09. The molecule has 4 heteroatoms. The summed E-state index contributed by atoms with van der Waals surface area (Å²) in [5.74, 6) is 0. The smallest absolute Gasteiger partial charge is 0.324 e. The molecular formula is C6H16O2Si2. The van der Waals surface area contributed by atoms with Gasteiger partial charge in [-0.25, -0.2) is 0 Å². The van der Waals surface area contributed by atoms with E-state index in [-0.39, 0.29) is 9.76 Å². The highest BCUT2D eigenvalue weighted by Gasteiger charge is 2.32. The second-order valence-electron chi connectivity index (χ2n) is 2.87. The maximum absolute atomic E-state index is 5.73. The summed E-state index contributed by atoms with van der Waals surface area (Å²) in [4.78, 5) is 0. The number of hydrogen-bond acceptors (Lipinski definition) is 2. The van der Waals surface area contributed by atoms with Crippen molar-refractivity contribution in [3.63, 3.8) is 0 Å². The average Bonchev–Trinajstić information content (AvgIpc) is 1.89. The van der Waals surface area contributed by atoms with Crippen molar-refractivity contribution in [3.05, 3.63) is 0 Å². The molecule has 0 aromatic rings. The van der Waals surface area contributed by atoms with Gasteiger partial charge in [-0.3, -0.25) is 0 Å². The minimum absolute atomic E-state index is 0.251. The van der Waals surface area contributed by atoms with E-state index in [1.54, 1.807) is 0 Å². The van der Waals surface area contributed by atoms with E-state index in [4.69, 9.17) is 8.54 Å². The highest BCUT2D eigenvalue weighted by atomic mass is 28.4. The van der Waals surface area contributed by atoms with Crippen molar-refractivity contribution >= 4 is 18.3 Å². The fourth-order valence-electron chi connectivity index (χ4n) is 1.33. The molecule has 0 spiro atoms. The molecule has 10 heavy (non-hydrogen) atoms. The highest BCUT2D eigenvalue weighted by Crippen LogP contribution is 2.21. The minimum atomic E-state index is -1.57. The highest BCUT2D eigenvalue weighted by molar-refractivity contribution is 6.70. The maximum Gasteiger partial charge on any atom is 0.324 e. The molecular weight excluding hydrogens is 160 g/mol. The first kappa shape index (κ1) is 8.45. The van der Waals surface area contributed by atoms with Crippen molar-refractivity contribution in [1.82, 2.24) is 0 Å². The SMILES string of the molecule is C[SiH2]O[Si]1(C)CCCCO1. The van der Waals surface area contributed by atoms with Gasteiger partial charge in [0.2, 0.25) is 0 Å². The zero-order chi connectivity index (χ0) is 7.45. The monoisotopic (exact) mass is 176 g/mol. The quantitative estimate of drug-likeness (QED) is 0.585. The van der Waals surface area contributed by atoms with Crippen molar-refractivity contribution in [3.8, 4) is 0 Å². The minimum Gasteiger partial charge on any atom is -0.442 e. The third kappa shape index (κ3) is 2.19. The van der Waals surface area contributed by atoms with Crippen LogP contribution in [-0.2, 0) is 8.54 Å². The molecule has 60 valence electrons. The fourth-order valence-corrected chi connectivity index (χ4v) is 6.29. The Morgan fingerprint density at radius 1 is 1.50 bits per heavy atom. The molecule has 0 amide bonds. The molecule has 1 fully saturated rings. The molecule has 1 heterocycles. The number of hydrogen-bond donors (Lipinski definition) is 0. The molecule has 0 aliphatic carbocycles. The first-order chi connectivity index (χ1) is 4.77. The molecule has 1 atom stereocenters. The Morgan fingerprint density at radius 2 is 2.30 bits per heavy atom. The Morgan fingerprint density at radius 3 is 2.80 bits per heavy atom. The molecule has 2 nitrogen and oxygen atoms in total. The molecule has 0 saturated carbocycles. The van der Waals surface area contributed by atoms with Crippen molar-refractivity contribution in [1.29, 1.82) is 0 Å². The summed E-state index contributed by atoms with van der Waals surface area (Å²) in [6, 6.07) is 1.22. The van der Waals surface area contributed by atoms with Gasteiger partial charge in [0.15, 0.2) is 0 Å². The molecule has 0 aromatic heterocycles. The van der Waals surface area contributed by atoms with Gasteiger partial charge in [0, 0.05) is 6.61 Å². The molecule has 1 rings (SSSR count). The van der Waals surface area contributed by atoms with Crippen molar-refractivity contribution in [2.24, 2.45) is 0 Å². The molecule has 0 bridgehead atoms. The molecule has 0 N–H and O–H groups in total. The van der Waals surface area contributed by atoms with Gasteiger partial charge in [-0.15, -0.1) is 0 Å². The van der Waals surface area contributed by atoms with Crippen molar-refractivity contribution in [2.75, 3.05) is 6.61 Å². The summed E-state index contributed by atoms with van der Waals surface area (Å²) in [5.41, 5.74) is 0. The van der Waals surface area contributed by atoms with Crippen LogP contribution in [-0.4, -0.2) is 24.9 Å². The largest absolute Gasteiger partial charge is 0.442 e. The van der Waals surface area contributed by atoms with E-state index in [1.807, 2.05) is 0 Å². The van der Waals surface area contributed by atoms with Crippen molar-refractivity contribution in [2.45, 2.75) is 32.0 Å². The summed E-state index contributed by atoms with van der Waals surface area (Å²) in [7, 11) is -1.83. The second kappa shape index (κ2) is 3.66. The topological polar surface area (TPSA) is 18.5 Å². The molecule has 1 saturated heterocycles. The Hall–Kier alpha value is 0.354. The van der Waals surface area contributed by atoms with Crippen LogP contribution in [0.5, 0.6) is 0 Å². The van der Waals surface area contributed by atoms with E-state index in [2.05, 4.69) is 13.1 Å². The van der Waals surface area contributed by atoms with Crippen LogP contribution in [0.25, 0.3) is 0 Å². The van der Waals surface area contributed by atoms with Crippen LogP contribution in [0, 0.1) is 0 Å². The van der Waals surface area contributed by atoms with Gasteiger partial charge in [0.1, 0.15) is 9.76 Å². The molecule has 0 aromatic carbocycles. The van der Waals surface area contributed by atoms with Gasteiger partial charge < -0.3 is 8.54 Å². The Bertz CT molecular complexity index is 96.4. The fraction of sp³-hybridized carbons (Fsp3) is 1.00. The van der Waals surface area contributed by atoms with E-state index in [0.717, 1.165) is 6.61 Å². The summed E-state index contributed by atoms with van der Waals surface area (Å²) in [6.07, 6.45) is 2.55. The first-order valence-corrected chi connectivity index (χ1v) is 8.56. The van der Waals surface area contributed by atoms with Crippen LogP contribution < -0.4 is 0 Å². The van der Waals surface area contributed by atoms with Gasteiger partial charge in [-0.1, -0.05) is 6.55 Å². The number of rotatable bonds is 2. The Balaban J connectivity index is 2.32. The van der Waals surface area contributed by atoms with Crippen LogP contribution in [0.15, 0.2) is 0 Å². The molecule has 1 aliphatic rings. The summed E-state index contributed by atoms with van der Waals surface area (Å²) >= 11 is 0. The van der Waals surface area contributed by atoms with E-state index < -0.39 is 8.56 Å². The van der Waals surface area contributed by atoms with Gasteiger partial charge in [-0.05, 0) is 25.4 Å². The zero-order valence-electron chi connectivity index (χ0n) is 6.85. The third-order valence-corrected chi connectivity index (χ3v) is 7.56. The Labute approximate surface area is 66.1 Å². The normalized spacial score (nSPS) is 35.4. The van der Waals surface area contributed by atoms with Gasteiger partial charge in [0.25, 0.3) is 0 Å². The first-order valence-electron chi connectivity index (χ1n) is 4.05. The lowest BCUT2D eigenvalue weighted by Crippen LogP contribution is -2.42. The predicted octanol–water partition coefficient (Wildman–Crippen LogP) is 1.02. The van der Waals surface area contributed by atoms with E-state index in [9.17, 15) is 0 Å². The lowest BCUT2D eigenvalue weighted by Gasteiger charge is -2.30. The third-order valence-electron chi connectivity index (χ3n) is 1.88. The van der Waals surface area contributed by atoms with Gasteiger partial charge in [-0.2, -0.15) is 0 Å². The maximum atomic E-state index is 5.73. The van der Waals surface area contributed by atoms with Crippen LogP contribution >= 0.6 is 0 Å². The van der Waals surface area contributed by atoms with Gasteiger partial charge >= 0.3 is 8.56 Å². The van der Waals surface area contributed by atoms with Crippen molar-refractivity contribution < 1.29 is 8.54 Å².